The zero-order valence-corrected chi connectivity index (χ0v) is 11.8. The van der Waals surface area contributed by atoms with Crippen molar-refractivity contribution in [2.24, 2.45) is 5.84 Å². The maximum Gasteiger partial charge on any atom is 0.0776 e. The molecule has 3 N–H and O–H groups in total. The van der Waals surface area contributed by atoms with Crippen molar-refractivity contribution in [3.63, 3.8) is 0 Å². The van der Waals surface area contributed by atoms with E-state index in [0.717, 1.165) is 11.4 Å². The lowest BCUT2D eigenvalue weighted by molar-refractivity contribution is 0.502. The van der Waals surface area contributed by atoms with E-state index in [-0.39, 0.29) is 6.04 Å². The number of aromatic nitrogens is 3. The first kappa shape index (κ1) is 14.0. The van der Waals surface area contributed by atoms with Crippen LogP contribution in [-0.4, -0.2) is 14.8 Å². The molecule has 5 nitrogen and oxygen atoms in total. The Balaban J connectivity index is 2.17. The molecule has 0 saturated carbocycles. The Labute approximate surface area is 117 Å². The fraction of sp³-hybridized carbons (Fsp3) is 0.385. The summed E-state index contributed by atoms with van der Waals surface area (Å²) in [6.07, 6.45) is 4.32. The monoisotopic (exact) mass is 279 g/mol. The summed E-state index contributed by atoms with van der Waals surface area (Å²) in [4.78, 5) is 4.28. The highest BCUT2D eigenvalue weighted by Gasteiger charge is 2.16. The maximum atomic E-state index is 6.14. The number of halogens is 1. The zero-order valence-electron chi connectivity index (χ0n) is 11.0. The first-order valence-corrected chi connectivity index (χ1v) is 6.60. The van der Waals surface area contributed by atoms with Gasteiger partial charge in [-0.15, -0.1) is 0 Å². The second kappa shape index (κ2) is 6.14. The third kappa shape index (κ3) is 3.32. The van der Waals surface area contributed by atoms with Crippen LogP contribution in [0.15, 0.2) is 30.6 Å². The van der Waals surface area contributed by atoms with Crippen LogP contribution in [0.1, 0.15) is 37.3 Å². The number of hydrogen-bond donors (Lipinski definition) is 2. The topological polar surface area (TPSA) is 68.8 Å². The van der Waals surface area contributed by atoms with Gasteiger partial charge in [-0.3, -0.25) is 20.9 Å². The summed E-state index contributed by atoms with van der Waals surface area (Å²) in [6, 6.07) is 5.79. The highest BCUT2D eigenvalue weighted by atomic mass is 35.5. The molecule has 0 spiro atoms. The molecule has 0 aliphatic carbocycles. The van der Waals surface area contributed by atoms with E-state index in [4.69, 9.17) is 17.4 Å². The van der Waals surface area contributed by atoms with Crippen LogP contribution in [0.3, 0.4) is 0 Å². The summed E-state index contributed by atoms with van der Waals surface area (Å²) in [7, 11) is 0. The van der Waals surface area contributed by atoms with E-state index < -0.39 is 0 Å². The highest BCUT2D eigenvalue weighted by molar-refractivity contribution is 6.31. The standard InChI is InChI=1S/C13H18ClN5/c1-9(2)19-7-5-10(18-19)8-12(17-15)13-11(14)4-3-6-16-13/h3-7,9,12,17H,8,15H2,1-2H3. The predicted molar refractivity (Wildman–Crippen MR) is 75.6 cm³/mol. The molecule has 2 aromatic rings. The normalized spacial score (nSPS) is 12.9. The second-order valence-corrected chi connectivity index (χ2v) is 5.08. The average molecular weight is 280 g/mol. The molecule has 1 atom stereocenters. The van der Waals surface area contributed by atoms with Gasteiger partial charge in [-0.1, -0.05) is 11.6 Å². The zero-order chi connectivity index (χ0) is 13.8. The average Bonchev–Trinajstić information content (AvgIpc) is 2.86. The smallest absolute Gasteiger partial charge is 0.0776 e. The first-order valence-electron chi connectivity index (χ1n) is 6.22. The molecule has 0 radical (unpaired) electrons. The number of nitrogens with zero attached hydrogens (tertiary/aromatic N) is 3. The molecule has 19 heavy (non-hydrogen) atoms. The van der Waals surface area contributed by atoms with E-state index in [0.29, 0.717) is 17.5 Å². The van der Waals surface area contributed by atoms with Crippen molar-refractivity contribution in [3.8, 4) is 0 Å². The summed E-state index contributed by atoms with van der Waals surface area (Å²) >= 11 is 6.14. The lowest BCUT2D eigenvalue weighted by atomic mass is 10.1. The second-order valence-electron chi connectivity index (χ2n) is 4.67. The Bertz CT molecular complexity index is 537. The Morgan fingerprint density at radius 2 is 2.21 bits per heavy atom. The number of nitrogens with one attached hydrogen (secondary N) is 1. The van der Waals surface area contributed by atoms with Crippen molar-refractivity contribution < 1.29 is 0 Å². The lowest BCUT2D eigenvalue weighted by Gasteiger charge is -2.15. The first-order chi connectivity index (χ1) is 9.11. The van der Waals surface area contributed by atoms with Crippen LogP contribution in [0.25, 0.3) is 0 Å². The quantitative estimate of drug-likeness (QED) is 0.651. The Morgan fingerprint density at radius 1 is 1.42 bits per heavy atom. The molecular formula is C13H18ClN5. The molecule has 0 aromatic carbocycles. The van der Waals surface area contributed by atoms with Gasteiger partial charge in [0.1, 0.15) is 0 Å². The maximum absolute atomic E-state index is 6.14. The minimum absolute atomic E-state index is 0.149. The van der Waals surface area contributed by atoms with Gasteiger partial charge in [0.05, 0.1) is 22.5 Å². The van der Waals surface area contributed by atoms with Crippen LogP contribution in [0.2, 0.25) is 5.02 Å². The molecule has 2 aromatic heterocycles. The van der Waals surface area contributed by atoms with E-state index in [1.165, 1.54) is 0 Å². The van der Waals surface area contributed by atoms with Gasteiger partial charge in [-0.25, -0.2) is 0 Å². The minimum Gasteiger partial charge on any atom is -0.271 e. The van der Waals surface area contributed by atoms with Crippen molar-refractivity contribution >= 4 is 11.6 Å². The van der Waals surface area contributed by atoms with Gasteiger partial charge in [0.2, 0.25) is 0 Å². The largest absolute Gasteiger partial charge is 0.271 e. The Hall–Kier alpha value is -1.43. The summed E-state index contributed by atoms with van der Waals surface area (Å²) in [5.74, 6) is 5.60. The Kier molecular flexibility index (Phi) is 4.52. The van der Waals surface area contributed by atoms with E-state index >= 15 is 0 Å². The van der Waals surface area contributed by atoms with Gasteiger partial charge in [-0.2, -0.15) is 5.10 Å². The number of nitrogens with two attached hydrogens (primary N) is 1. The van der Waals surface area contributed by atoms with E-state index in [1.807, 2.05) is 16.9 Å². The molecule has 0 aliphatic heterocycles. The minimum atomic E-state index is -0.149. The molecule has 2 rings (SSSR count). The number of hydrogen-bond acceptors (Lipinski definition) is 4. The number of hydrazine groups is 1. The van der Waals surface area contributed by atoms with Gasteiger partial charge in [0, 0.05) is 24.9 Å². The van der Waals surface area contributed by atoms with Crippen LogP contribution in [0.4, 0.5) is 0 Å². The summed E-state index contributed by atoms with van der Waals surface area (Å²) in [6.45, 7) is 4.18. The van der Waals surface area contributed by atoms with E-state index in [1.54, 1.807) is 18.3 Å². The van der Waals surface area contributed by atoms with Crippen LogP contribution in [-0.2, 0) is 6.42 Å². The molecular weight excluding hydrogens is 262 g/mol. The Morgan fingerprint density at radius 3 is 2.79 bits per heavy atom. The van der Waals surface area contributed by atoms with E-state index in [2.05, 4.69) is 29.4 Å². The summed E-state index contributed by atoms with van der Waals surface area (Å²) in [5.41, 5.74) is 4.45. The van der Waals surface area contributed by atoms with Gasteiger partial charge in [0.15, 0.2) is 0 Å². The third-order valence-corrected chi connectivity index (χ3v) is 3.24. The van der Waals surface area contributed by atoms with Crippen LogP contribution in [0.5, 0.6) is 0 Å². The van der Waals surface area contributed by atoms with Crippen molar-refractivity contribution in [1.82, 2.24) is 20.2 Å². The van der Waals surface area contributed by atoms with Crippen molar-refractivity contribution in [1.29, 1.82) is 0 Å². The molecule has 0 aliphatic rings. The molecule has 6 heteroatoms. The fourth-order valence-corrected chi connectivity index (χ4v) is 2.13. The SMILES string of the molecule is CC(C)n1ccc(CC(NN)c2ncccc2Cl)n1. The van der Waals surface area contributed by atoms with Crippen LogP contribution in [0, 0.1) is 0 Å². The molecule has 102 valence electrons. The van der Waals surface area contributed by atoms with Crippen LogP contribution >= 0.6 is 11.6 Å². The van der Waals surface area contributed by atoms with Gasteiger partial charge in [-0.05, 0) is 32.0 Å². The predicted octanol–water partition coefficient (Wildman–Crippen LogP) is 2.26. The van der Waals surface area contributed by atoms with Gasteiger partial charge >= 0.3 is 0 Å². The van der Waals surface area contributed by atoms with E-state index in [9.17, 15) is 0 Å². The van der Waals surface area contributed by atoms with Crippen molar-refractivity contribution in [2.45, 2.75) is 32.4 Å². The summed E-state index contributed by atoms with van der Waals surface area (Å²) in [5, 5.41) is 5.11. The molecule has 2 heterocycles. The number of rotatable bonds is 5. The van der Waals surface area contributed by atoms with Gasteiger partial charge < -0.3 is 0 Å². The van der Waals surface area contributed by atoms with Crippen molar-refractivity contribution in [3.05, 3.63) is 47.0 Å². The third-order valence-electron chi connectivity index (χ3n) is 2.92. The highest BCUT2D eigenvalue weighted by Crippen LogP contribution is 2.22. The van der Waals surface area contributed by atoms with Crippen LogP contribution < -0.4 is 11.3 Å². The summed E-state index contributed by atoms with van der Waals surface area (Å²) < 4.78 is 1.92. The fourth-order valence-electron chi connectivity index (χ4n) is 1.87. The molecule has 0 fully saturated rings. The molecule has 1 unspecified atom stereocenters. The molecule has 0 saturated heterocycles. The lowest BCUT2D eigenvalue weighted by Crippen LogP contribution is -2.30. The molecule has 0 bridgehead atoms. The molecule has 0 amide bonds. The van der Waals surface area contributed by atoms with Gasteiger partial charge in [0.25, 0.3) is 0 Å². The number of pyridine rings is 1. The van der Waals surface area contributed by atoms with Crippen molar-refractivity contribution in [2.75, 3.05) is 0 Å².